The minimum absolute atomic E-state index is 0.0883. The van der Waals surface area contributed by atoms with Gasteiger partial charge in [0, 0.05) is 11.0 Å². The van der Waals surface area contributed by atoms with Crippen LogP contribution in [0.2, 0.25) is 0 Å². The first-order valence-corrected chi connectivity index (χ1v) is 6.51. The van der Waals surface area contributed by atoms with Crippen molar-refractivity contribution < 1.29 is 4.79 Å². The van der Waals surface area contributed by atoms with Crippen molar-refractivity contribution >= 4 is 28.5 Å². The number of carbonyl (C=O) groups is 1. The molecule has 15 heavy (non-hydrogen) atoms. The minimum Gasteiger partial charge on any atom is -0.355 e. The Morgan fingerprint density at radius 1 is 1.33 bits per heavy atom. The quantitative estimate of drug-likeness (QED) is 0.671. The maximum atomic E-state index is 11.9. The van der Waals surface area contributed by atoms with Crippen LogP contribution in [0.5, 0.6) is 0 Å². The lowest BCUT2D eigenvalue weighted by Crippen LogP contribution is -2.40. The molecule has 1 amide bonds. The molecule has 3 heteroatoms. The molecule has 0 aliphatic heterocycles. The normalized spacial score (nSPS) is 11.1. The second-order valence-corrected chi connectivity index (χ2v) is 5.01. The van der Waals surface area contributed by atoms with E-state index in [9.17, 15) is 4.79 Å². The highest BCUT2D eigenvalue weighted by Gasteiger charge is 2.28. The predicted molar refractivity (Wildman–Crippen MR) is 71.4 cm³/mol. The summed E-state index contributed by atoms with van der Waals surface area (Å²) in [6.45, 7) is 4.63. The summed E-state index contributed by atoms with van der Waals surface area (Å²) >= 11 is 2.25. The second-order valence-electron chi connectivity index (χ2n) is 3.94. The van der Waals surface area contributed by atoms with Gasteiger partial charge in [0.15, 0.2) is 0 Å². The highest BCUT2D eigenvalue weighted by atomic mass is 127. The smallest absolute Gasteiger partial charge is 0.230 e. The molecule has 0 bridgehead atoms. The fourth-order valence-electron chi connectivity index (χ4n) is 1.37. The number of halogens is 1. The summed E-state index contributed by atoms with van der Waals surface area (Å²) in [5.41, 5.74) is 0.600. The van der Waals surface area contributed by atoms with Crippen LogP contribution in [0.25, 0.3) is 0 Å². The van der Waals surface area contributed by atoms with Gasteiger partial charge in [-0.15, -0.1) is 0 Å². The average molecular weight is 317 g/mol. The van der Waals surface area contributed by atoms with Crippen molar-refractivity contribution in [1.29, 1.82) is 0 Å². The van der Waals surface area contributed by atoms with E-state index in [0.29, 0.717) is 0 Å². The summed E-state index contributed by atoms with van der Waals surface area (Å²) in [5.74, 6) is 0.0883. The van der Waals surface area contributed by atoms with E-state index in [1.54, 1.807) is 0 Å². The number of hydrogen-bond acceptors (Lipinski definition) is 1. The van der Waals surface area contributed by atoms with E-state index in [1.807, 2.05) is 44.2 Å². The molecule has 0 aromatic heterocycles. The van der Waals surface area contributed by atoms with Crippen LogP contribution in [-0.4, -0.2) is 16.9 Å². The van der Waals surface area contributed by atoms with E-state index in [2.05, 4.69) is 27.9 Å². The van der Waals surface area contributed by atoms with Crippen molar-refractivity contribution in [1.82, 2.24) is 5.32 Å². The molecule has 0 atom stereocenters. The third kappa shape index (κ3) is 3.19. The summed E-state index contributed by atoms with van der Waals surface area (Å²) < 4.78 is 0.939. The number of amides is 1. The molecule has 0 aliphatic rings. The largest absolute Gasteiger partial charge is 0.355 e. The zero-order chi connectivity index (χ0) is 11.3. The van der Waals surface area contributed by atoms with Crippen LogP contribution in [0.3, 0.4) is 0 Å². The Kier molecular flexibility index (Phi) is 4.57. The van der Waals surface area contributed by atoms with E-state index in [4.69, 9.17) is 0 Å². The van der Waals surface area contributed by atoms with E-state index in [-0.39, 0.29) is 5.91 Å². The van der Waals surface area contributed by atoms with Crippen molar-refractivity contribution in [2.24, 2.45) is 0 Å². The molecular formula is C12H16INO. The van der Waals surface area contributed by atoms with Gasteiger partial charge in [-0.1, -0.05) is 52.9 Å². The predicted octanol–water partition coefficient (Wildman–Crippen LogP) is 2.52. The van der Waals surface area contributed by atoms with Crippen molar-refractivity contribution in [3.63, 3.8) is 0 Å². The van der Waals surface area contributed by atoms with Crippen molar-refractivity contribution in [3.8, 4) is 0 Å². The molecule has 0 fully saturated rings. The topological polar surface area (TPSA) is 29.1 Å². The van der Waals surface area contributed by atoms with Gasteiger partial charge in [0.1, 0.15) is 0 Å². The Balaban J connectivity index is 2.78. The molecule has 0 radical (unpaired) electrons. The molecular weight excluding hydrogens is 301 g/mol. The molecule has 0 saturated carbocycles. The summed E-state index contributed by atoms with van der Waals surface area (Å²) in [7, 11) is 0. The number of alkyl halides is 1. The standard InChI is InChI=1S/C12H16INO/c1-12(2,11(15)14-9-8-13)10-6-4-3-5-7-10/h3-7H,8-9H2,1-2H3,(H,14,15). The van der Waals surface area contributed by atoms with Gasteiger partial charge in [0.2, 0.25) is 5.91 Å². The summed E-state index contributed by atoms with van der Waals surface area (Å²) in [4.78, 5) is 11.9. The average Bonchev–Trinajstić information content (AvgIpc) is 2.27. The van der Waals surface area contributed by atoms with Crippen LogP contribution in [0, 0.1) is 0 Å². The zero-order valence-corrected chi connectivity index (χ0v) is 11.2. The molecule has 82 valence electrons. The zero-order valence-electron chi connectivity index (χ0n) is 9.09. The summed E-state index contributed by atoms with van der Waals surface area (Å²) in [6.07, 6.45) is 0. The molecule has 1 aromatic rings. The molecule has 1 aromatic carbocycles. The Bertz CT molecular complexity index is 322. The monoisotopic (exact) mass is 317 g/mol. The van der Waals surface area contributed by atoms with Crippen LogP contribution in [0.4, 0.5) is 0 Å². The lowest BCUT2D eigenvalue weighted by molar-refractivity contribution is -0.125. The number of hydrogen-bond donors (Lipinski definition) is 1. The maximum Gasteiger partial charge on any atom is 0.230 e. The van der Waals surface area contributed by atoms with Gasteiger partial charge in [-0.05, 0) is 19.4 Å². The first-order valence-electron chi connectivity index (χ1n) is 4.99. The molecule has 1 N–H and O–H groups in total. The van der Waals surface area contributed by atoms with Gasteiger partial charge in [-0.25, -0.2) is 0 Å². The van der Waals surface area contributed by atoms with Crippen LogP contribution in [0.1, 0.15) is 19.4 Å². The Morgan fingerprint density at radius 2 is 1.93 bits per heavy atom. The molecule has 0 heterocycles. The molecule has 0 unspecified atom stereocenters. The van der Waals surface area contributed by atoms with Gasteiger partial charge >= 0.3 is 0 Å². The second kappa shape index (κ2) is 5.49. The van der Waals surface area contributed by atoms with Crippen LogP contribution < -0.4 is 5.32 Å². The Labute approximate surface area is 105 Å². The van der Waals surface area contributed by atoms with Crippen molar-refractivity contribution in [2.45, 2.75) is 19.3 Å². The van der Waals surface area contributed by atoms with Crippen LogP contribution in [-0.2, 0) is 10.2 Å². The summed E-state index contributed by atoms with van der Waals surface area (Å²) in [5, 5.41) is 2.92. The van der Waals surface area contributed by atoms with Gasteiger partial charge in [0.05, 0.1) is 5.41 Å². The number of rotatable bonds is 4. The highest BCUT2D eigenvalue weighted by Crippen LogP contribution is 2.22. The van der Waals surface area contributed by atoms with Crippen LogP contribution in [0.15, 0.2) is 30.3 Å². The van der Waals surface area contributed by atoms with Crippen molar-refractivity contribution in [3.05, 3.63) is 35.9 Å². The highest BCUT2D eigenvalue weighted by molar-refractivity contribution is 14.1. The maximum absolute atomic E-state index is 11.9. The van der Waals surface area contributed by atoms with Gasteiger partial charge in [0.25, 0.3) is 0 Å². The van der Waals surface area contributed by atoms with Gasteiger partial charge in [-0.2, -0.15) is 0 Å². The number of nitrogens with one attached hydrogen (secondary N) is 1. The molecule has 0 aliphatic carbocycles. The first-order chi connectivity index (χ1) is 7.09. The fraction of sp³-hybridized carbons (Fsp3) is 0.417. The van der Waals surface area contributed by atoms with Crippen molar-refractivity contribution in [2.75, 3.05) is 11.0 Å². The van der Waals surface area contributed by atoms with E-state index in [0.717, 1.165) is 16.5 Å². The SMILES string of the molecule is CC(C)(C(=O)NCCI)c1ccccc1. The Hall–Kier alpha value is -0.580. The molecule has 0 saturated heterocycles. The van der Waals surface area contributed by atoms with E-state index in [1.165, 1.54) is 0 Å². The van der Waals surface area contributed by atoms with Gasteiger partial charge in [-0.3, -0.25) is 4.79 Å². The number of carbonyl (C=O) groups excluding carboxylic acids is 1. The Morgan fingerprint density at radius 3 is 2.47 bits per heavy atom. The van der Waals surface area contributed by atoms with Gasteiger partial charge < -0.3 is 5.32 Å². The summed E-state index contributed by atoms with van der Waals surface area (Å²) in [6, 6.07) is 9.86. The lowest BCUT2D eigenvalue weighted by Gasteiger charge is -2.23. The van der Waals surface area contributed by atoms with E-state index >= 15 is 0 Å². The molecule has 1 rings (SSSR count). The fourth-order valence-corrected chi connectivity index (χ4v) is 1.64. The molecule has 2 nitrogen and oxygen atoms in total. The molecule has 0 spiro atoms. The third-order valence-corrected chi connectivity index (χ3v) is 2.98. The number of benzene rings is 1. The minimum atomic E-state index is -0.451. The van der Waals surface area contributed by atoms with E-state index < -0.39 is 5.41 Å². The third-order valence-electron chi connectivity index (χ3n) is 2.44. The van der Waals surface area contributed by atoms with Crippen LogP contribution >= 0.6 is 22.6 Å². The lowest BCUT2D eigenvalue weighted by atomic mass is 9.84. The first kappa shape index (κ1) is 12.5.